The third-order valence-corrected chi connectivity index (χ3v) is 11.7. The summed E-state index contributed by atoms with van der Waals surface area (Å²) in [5.74, 6) is 0.298. The number of anilines is 1. The van der Waals surface area contributed by atoms with Gasteiger partial charge in [-0.3, -0.25) is 4.67 Å². The number of fused-ring (bicyclic) bond motifs is 1. The maximum absolute atomic E-state index is 14.0. The van der Waals surface area contributed by atoms with Gasteiger partial charge >= 0.3 is 0 Å². The third-order valence-electron chi connectivity index (χ3n) is 5.50. The van der Waals surface area contributed by atoms with Crippen LogP contribution < -0.4 is 4.67 Å². The molecule has 1 saturated heterocycles. The van der Waals surface area contributed by atoms with Gasteiger partial charge in [0.2, 0.25) is 9.84 Å². The molecule has 3 aromatic carbocycles. The molecule has 2 heterocycles. The lowest BCUT2D eigenvalue weighted by molar-refractivity contribution is 0.462. The molecule has 1 unspecified atom stereocenters. The van der Waals surface area contributed by atoms with Gasteiger partial charge in [0.25, 0.3) is 6.57 Å². The summed E-state index contributed by atoms with van der Waals surface area (Å²) in [4.78, 5) is 0.338. The average Bonchev–Trinajstić information content (AvgIpc) is 3.20. The largest absolute Gasteiger partial charge is 0.433 e. The van der Waals surface area contributed by atoms with Crippen molar-refractivity contribution in [1.29, 1.82) is 0 Å². The number of nitrogens with zero attached hydrogens (tertiary/aromatic N) is 2. The van der Waals surface area contributed by atoms with E-state index in [1.807, 2.05) is 72.0 Å². The monoisotopic (exact) mass is 514 g/mol. The highest BCUT2D eigenvalue weighted by molar-refractivity contribution is 8.12. The minimum atomic E-state index is -3.90. The van der Waals surface area contributed by atoms with Crippen LogP contribution in [0, 0.1) is 0 Å². The molecule has 0 spiro atoms. The molecule has 0 N–H and O–H groups in total. The third kappa shape index (κ3) is 3.47. The fourth-order valence-corrected chi connectivity index (χ4v) is 8.81. The van der Waals surface area contributed by atoms with Gasteiger partial charge in [0.05, 0.1) is 0 Å². The molecule has 0 aromatic heterocycles. The Morgan fingerprint density at radius 2 is 1.36 bits per heavy atom. The second-order valence-corrected chi connectivity index (χ2v) is 13.8. The molecule has 0 aliphatic carbocycles. The molecule has 1 atom stereocenters. The van der Waals surface area contributed by atoms with Gasteiger partial charge in [-0.05, 0) is 61.3 Å². The van der Waals surface area contributed by atoms with Gasteiger partial charge in [-0.1, -0.05) is 72.3 Å². The summed E-state index contributed by atoms with van der Waals surface area (Å²) in [6.07, 6.45) is 0. The van der Waals surface area contributed by atoms with E-state index in [0.717, 1.165) is 5.69 Å². The summed E-state index contributed by atoms with van der Waals surface area (Å²) in [6, 6.07) is 25.3. The molecule has 5 nitrogen and oxygen atoms in total. The maximum atomic E-state index is 14.0. The molecule has 0 amide bonds. The Hall–Kier alpha value is -2.41. The SMILES string of the molecule is CN(C)P1(=S)OC2=C(c3ccccc3)S(=O)(=O)C(c3ccccc3)=C2N1c1ccc(Cl)cc1. The molecule has 168 valence electrons. The number of hydrogen-bond acceptors (Lipinski definition) is 4. The van der Waals surface area contributed by atoms with Crippen LogP contribution in [0.1, 0.15) is 11.1 Å². The topological polar surface area (TPSA) is 49.9 Å². The fourth-order valence-electron chi connectivity index (χ4n) is 4.00. The first-order chi connectivity index (χ1) is 15.7. The van der Waals surface area contributed by atoms with Crippen LogP contribution in [0.4, 0.5) is 5.69 Å². The highest BCUT2D eigenvalue weighted by Gasteiger charge is 2.54. The molecule has 2 aliphatic heterocycles. The quantitative estimate of drug-likeness (QED) is 0.390. The summed E-state index contributed by atoms with van der Waals surface area (Å²) in [5.41, 5.74) is 2.34. The standard InChI is InChI=1S/C24H20ClN2O3PS2/c1-26(2)31(32)27(20-15-13-19(25)14-16-20)21-22(30-31)24(18-11-7-4-8-12-18)33(28,29)23(21)17-9-5-3-6-10-17/h3-16H,1-2H3. The highest BCUT2D eigenvalue weighted by Crippen LogP contribution is 2.69. The second kappa shape index (κ2) is 8.12. The Labute approximate surface area is 203 Å². The van der Waals surface area contributed by atoms with Crippen LogP contribution >= 0.6 is 18.2 Å². The van der Waals surface area contributed by atoms with E-state index < -0.39 is 16.4 Å². The lowest BCUT2D eigenvalue weighted by atomic mass is 10.1. The summed E-state index contributed by atoms with van der Waals surface area (Å²) in [7, 11) is -0.195. The van der Waals surface area contributed by atoms with E-state index in [4.69, 9.17) is 27.9 Å². The Morgan fingerprint density at radius 1 is 0.848 bits per heavy atom. The van der Waals surface area contributed by atoms with Crippen LogP contribution in [-0.4, -0.2) is 27.2 Å². The van der Waals surface area contributed by atoms with Crippen LogP contribution in [0.2, 0.25) is 5.02 Å². The Morgan fingerprint density at radius 3 is 1.88 bits per heavy atom. The maximum Gasteiger partial charge on any atom is 0.283 e. The minimum Gasteiger partial charge on any atom is -0.433 e. The predicted octanol–water partition coefficient (Wildman–Crippen LogP) is 6.13. The molecule has 9 heteroatoms. The van der Waals surface area contributed by atoms with Crippen LogP contribution in [0.15, 0.2) is 96.4 Å². The van der Waals surface area contributed by atoms with Gasteiger partial charge in [0.15, 0.2) is 5.76 Å². The number of rotatable bonds is 4. The van der Waals surface area contributed by atoms with E-state index in [1.165, 1.54) is 0 Å². The molecule has 2 aliphatic rings. The van der Waals surface area contributed by atoms with Crippen LogP contribution in [0.5, 0.6) is 0 Å². The molecule has 33 heavy (non-hydrogen) atoms. The van der Waals surface area contributed by atoms with Crippen molar-refractivity contribution < 1.29 is 12.9 Å². The van der Waals surface area contributed by atoms with Gasteiger partial charge in [-0.15, -0.1) is 0 Å². The van der Waals surface area contributed by atoms with Gasteiger partial charge in [0.1, 0.15) is 15.5 Å². The van der Waals surface area contributed by atoms with Crippen molar-refractivity contribution in [2.45, 2.75) is 0 Å². The fraction of sp³-hybridized carbons (Fsp3) is 0.0833. The summed E-state index contributed by atoms with van der Waals surface area (Å²) < 4.78 is 38.3. The van der Waals surface area contributed by atoms with Crippen molar-refractivity contribution in [3.63, 3.8) is 0 Å². The van der Waals surface area contributed by atoms with Crippen molar-refractivity contribution in [1.82, 2.24) is 4.67 Å². The number of hydrogen-bond donors (Lipinski definition) is 0. The summed E-state index contributed by atoms with van der Waals surface area (Å²) >= 11 is 12.2. The van der Waals surface area contributed by atoms with Crippen molar-refractivity contribution >= 4 is 55.3 Å². The predicted molar refractivity (Wildman–Crippen MR) is 139 cm³/mol. The molecular weight excluding hydrogens is 495 g/mol. The Balaban J connectivity index is 1.89. The first-order valence-electron chi connectivity index (χ1n) is 10.1. The van der Waals surface area contributed by atoms with Crippen LogP contribution in [0.25, 0.3) is 9.81 Å². The summed E-state index contributed by atoms with van der Waals surface area (Å²) in [6.45, 7) is -2.86. The van der Waals surface area contributed by atoms with E-state index in [-0.39, 0.29) is 9.81 Å². The Bertz CT molecular complexity index is 1450. The van der Waals surface area contributed by atoms with E-state index in [1.54, 1.807) is 36.4 Å². The lowest BCUT2D eigenvalue weighted by Crippen LogP contribution is -2.23. The number of sulfone groups is 1. The molecule has 0 bridgehead atoms. The van der Waals surface area contributed by atoms with Gasteiger partial charge in [-0.25, -0.2) is 13.1 Å². The first kappa shape index (κ1) is 22.4. The molecular formula is C24H20ClN2O3PS2. The first-order valence-corrected chi connectivity index (χ1v) is 14.6. The zero-order chi connectivity index (χ0) is 23.4. The van der Waals surface area contributed by atoms with Gasteiger partial charge in [0, 0.05) is 10.7 Å². The number of benzene rings is 3. The minimum absolute atomic E-state index is 0.143. The average molecular weight is 515 g/mol. The zero-order valence-electron chi connectivity index (χ0n) is 17.8. The normalized spacial score (nSPS) is 21.5. The zero-order valence-corrected chi connectivity index (χ0v) is 21.1. The van der Waals surface area contributed by atoms with Crippen molar-refractivity contribution in [3.05, 3.63) is 113 Å². The van der Waals surface area contributed by atoms with Crippen molar-refractivity contribution in [3.8, 4) is 0 Å². The van der Waals surface area contributed by atoms with E-state index in [9.17, 15) is 8.42 Å². The summed E-state index contributed by atoms with van der Waals surface area (Å²) in [5, 5.41) is 0.578. The molecule has 5 rings (SSSR count). The van der Waals surface area contributed by atoms with E-state index in [0.29, 0.717) is 27.6 Å². The number of halogens is 1. The highest BCUT2D eigenvalue weighted by atomic mass is 35.5. The lowest BCUT2D eigenvalue weighted by Gasteiger charge is -2.32. The molecule has 3 aromatic rings. The molecule has 0 radical (unpaired) electrons. The van der Waals surface area contributed by atoms with Crippen molar-refractivity contribution in [2.24, 2.45) is 0 Å². The van der Waals surface area contributed by atoms with Crippen molar-refractivity contribution in [2.75, 3.05) is 18.8 Å². The van der Waals surface area contributed by atoms with E-state index >= 15 is 0 Å². The Kier molecular flexibility index (Phi) is 5.51. The van der Waals surface area contributed by atoms with Crippen LogP contribution in [-0.2, 0) is 26.2 Å². The second-order valence-electron chi connectivity index (χ2n) is 7.79. The van der Waals surface area contributed by atoms with E-state index in [2.05, 4.69) is 0 Å². The molecule has 0 saturated carbocycles. The van der Waals surface area contributed by atoms with Gasteiger partial charge < -0.3 is 4.52 Å². The van der Waals surface area contributed by atoms with Gasteiger partial charge in [-0.2, -0.15) is 0 Å². The molecule has 1 fully saturated rings. The smallest absolute Gasteiger partial charge is 0.283 e. The van der Waals surface area contributed by atoms with Crippen LogP contribution in [0.3, 0.4) is 0 Å².